The number of nitrogens with zero attached hydrogens (tertiary/aromatic N) is 2. The van der Waals surface area contributed by atoms with Crippen LogP contribution in [0.1, 0.15) is 86.2 Å². The van der Waals surface area contributed by atoms with Crippen molar-refractivity contribution in [1.82, 2.24) is 9.88 Å². The summed E-state index contributed by atoms with van der Waals surface area (Å²) >= 11 is 0. The summed E-state index contributed by atoms with van der Waals surface area (Å²) < 4.78 is 6.27. The Morgan fingerprint density at radius 3 is 2.91 bits per heavy atom. The third-order valence-corrected chi connectivity index (χ3v) is 7.57. The van der Waals surface area contributed by atoms with Crippen molar-refractivity contribution in [2.24, 2.45) is 0 Å². The van der Waals surface area contributed by atoms with Gasteiger partial charge in [0.05, 0.1) is 6.10 Å². The lowest BCUT2D eigenvalue weighted by molar-refractivity contribution is 0.0532. The smallest absolute Gasteiger partial charge is 0.129 e. The van der Waals surface area contributed by atoms with Crippen LogP contribution in [0.2, 0.25) is 0 Å². The molecule has 172 valence electrons. The van der Waals surface area contributed by atoms with E-state index in [2.05, 4.69) is 53.5 Å². The molecule has 4 heteroatoms. The van der Waals surface area contributed by atoms with E-state index in [-0.39, 0.29) is 0 Å². The normalized spacial score (nSPS) is 21.8. The highest BCUT2D eigenvalue weighted by Gasteiger charge is 2.31. The number of rotatable bonds is 10. The molecule has 1 N–H and O–H groups in total. The zero-order valence-corrected chi connectivity index (χ0v) is 19.7. The predicted octanol–water partition coefficient (Wildman–Crippen LogP) is 5.88. The molecule has 1 saturated carbocycles. The van der Waals surface area contributed by atoms with Crippen LogP contribution in [0.4, 0.5) is 5.82 Å². The molecule has 1 aromatic carbocycles. The zero-order valence-electron chi connectivity index (χ0n) is 19.7. The van der Waals surface area contributed by atoms with Gasteiger partial charge in [-0.15, -0.1) is 0 Å². The number of likely N-dealkylation sites (tertiary alicyclic amines) is 1. The fourth-order valence-corrected chi connectivity index (χ4v) is 5.44. The van der Waals surface area contributed by atoms with E-state index in [9.17, 15) is 0 Å². The minimum absolute atomic E-state index is 0.402. The monoisotopic (exact) mass is 433 g/mol. The number of benzene rings is 1. The van der Waals surface area contributed by atoms with Crippen LogP contribution in [-0.2, 0) is 17.6 Å². The summed E-state index contributed by atoms with van der Waals surface area (Å²) in [6.07, 6.45) is 11.3. The number of aryl methyl sites for hydroxylation is 2. The number of pyridine rings is 1. The summed E-state index contributed by atoms with van der Waals surface area (Å²) in [4.78, 5) is 7.44. The highest BCUT2D eigenvalue weighted by atomic mass is 16.5. The van der Waals surface area contributed by atoms with Crippen molar-refractivity contribution < 1.29 is 4.74 Å². The number of anilines is 1. The largest absolute Gasteiger partial charge is 0.377 e. The Morgan fingerprint density at radius 2 is 2.00 bits per heavy atom. The second kappa shape index (κ2) is 10.4. The second-order valence-electron chi connectivity index (χ2n) is 10.0. The fraction of sp³-hybridized carbons (Fsp3) is 0.607. The van der Waals surface area contributed by atoms with Gasteiger partial charge < -0.3 is 10.1 Å². The van der Waals surface area contributed by atoms with Crippen LogP contribution in [-0.4, -0.2) is 42.2 Å². The lowest BCUT2D eigenvalue weighted by atomic mass is 9.97. The Kier molecular flexibility index (Phi) is 7.09. The van der Waals surface area contributed by atoms with Crippen molar-refractivity contribution >= 4 is 5.82 Å². The maximum absolute atomic E-state index is 6.27. The molecule has 2 aliphatic heterocycles. The molecule has 0 bridgehead atoms. The maximum atomic E-state index is 6.27. The van der Waals surface area contributed by atoms with Crippen LogP contribution in [0.15, 0.2) is 36.4 Å². The van der Waals surface area contributed by atoms with E-state index in [1.165, 1.54) is 49.8 Å². The quantitative estimate of drug-likeness (QED) is 0.475. The van der Waals surface area contributed by atoms with Gasteiger partial charge in [0.1, 0.15) is 5.82 Å². The molecule has 2 unspecified atom stereocenters. The second-order valence-corrected chi connectivity index (χ2v) is 10.0. The van der Waals surface area contributed by atoms with Crippen LogP contribution in [0, 0.1) is 0 Å². The molecule has 32 heavy (non-hydrogen) atoms. The molecule has 2 fully saturated rings. The van der Waals surface area contributed by atoms with Crippen molar-refractivity contribution in [3.8, 4) is 0 Å². The van der Waals surface area contributed by atoms with Gasteiger partial charge in [-0.3, -0.25) is 4.90 Å². The first-order valence-corrected chi connectivity index (χ1v) is 12.9. The zero-order chi connectivity index (χ0) is 21.8. The van der Waals surface area contributed by atoms with Gasteiger partial charge in [-0.1, -0.05) is 36.8 Å². The van der Waals surface area contributed by atoms with E-state index in [4.69, 9.17) is 9.72 Å². The molecule has 3 heterocycles. The molecular weight excluding hydrogens is 394 g/mol. The van der Waals surface area contributed by atoms with Crippen LogP contribution < -0.4 is 5.32 Å². The minimum atomic E-state index is 0.402. The standard InChI is InChI=1S/C28H39N3O/c1-21(26-10-4-5-11-27(26)22-12-13-22)31-18-16-25(20-31)32-19-6-2-3-9-24-15-14-23-8-7-17-29-28(23)30-24/h4-5,10-11,14-15,21-22,25H,2-3,6-9,12-13,16-20H2,1H3,(H,29,30). The first-order valence-electron chi connectivity index (χ1n) is 12.9. The summed E-state index contributed by atoms with van der Waals surface area (Å²) in [5.41, 5.74) is 5.74. The fourth-order valence-electron chi connectivity index (χ4n) is 5.44. The number of ether oxygens (including phenoxy) is 1. The predicted molar refractivity (Wildman–Crippen MR) is 131 cm³/mol. The van der Waals surface area contributed by atoms with Gasteiger partial charge in [-0.25, -0.2) is 4.98 Å². The molecule has 1 aromatic heterocycles. The summed E-state index contributed by atoms with van der Waals surface area (Å²) in [6, 6.07) is 14.1. The van der Waals surface area contributed by atoms with Crippen LogP contribution in [0.25, 0.3) is 0 Å². The van der Waals surface area contributed by atoms with E-state index in [1.807, 2.05) is 0 Å². The summed E-state index contributed by atoms with van der Waals surface area (Å²) in [5, 5.41) is 3.44. The lowest BCUT2D eigenvalue weighted by Crippen LogP contribution is -2.27. The van der Waals surface area contributed by atoms with Crippen molar-refractivity contribution in [2.45, 2.75) is 82.8 Å². The molecule has 0 radical (unpaired) electrons. The SMILES string of the molecule is CC(c1ccccc1C1CC1)N1CCC(OCCCCCc2ccc3c(n2)NCCC3)C1. The molecule has 2 atom stereocenters. The third kappa shape index (κ3) is 5.35. The van der Waals surface area contributed by atoms with E-state index in [1.54, 1.807) is 11.1 Å². The highest BCUT2D eigenvalue weighted by Crippen LogP contribution is 2.44. The molecule has 5 rings (SSSR count). The molecule has 3 aliphatic rings. The average molecular weight is 434 g/mol. The number of fused-ring (bicyclic) bond motifs is 1. The van der Waals surface area contributed by atoms with Crippen molar-refractivity contribution in [3.63, 3.8) is 0 Å². The number of hydrogen-bond donors (Lipinski definition) is 1. The van der Waals surface area contributed by atoms with Gasteiger partial charge in [-0.2, -0.15) is 0 Å². The molecule has 4 nitrogen and oxygen atoms in total. The van der Waals surface area contributed by atoms with Gasteiger partial charge in [0.15, 0.2) is 0 Å². The summed E-state index contributed by atoms with van der Waals surface area (Å²) in [6.45, 7) is 6.57. The number of nitrogens with one attached hydrogen (secondary N) is 1. The Hall–Kier alpha value is -1.91. The van der Waals surface area contributed by atoms with Gasteiger partial charge in [0.25, 0.3) is 0 Å². The van der Waals surface area contributed by atoms with E-state index in [0.717, 1.165) is 57.2 Å². The summed E-state index contributed by atoms with van der Waals surface area (Å²) in [7, 11) is 0. The first kappa shape index (κ1) is 21.9. The number of unbranched alkanes of at least 4 members (excludes halogenated alkanes) is 2. The molecule has 0 amide bonds. The maximum Gasteiger partial charge on any atom is 0.129 e. The Balaban J connectivity index is 1.00. The molecule has 1 aliphatic carbocycles. The van der Waals surface area contributed by atoms with Gasteiger partial charge in [-0.05, 0) is 87.0 Å². The molecule has 0 spiro atoms. The van der Waals surface area contributed by atoms with Crippen molar-refractivity contribution in [2.75, 3.05) is 31.6 Å². The van der Waals surface area contributed by atoms with E-state index < -0.39 is 0 Å². The van der Waals surface area contributed by atoms with E-state index >= 15 is 0 Å². The Labute approximate surface area is 193 Å². The highest BCUT2D eigenvalue weighted by molar-refractivity contribution is 5.47. The van der Waals surface area contributed by atoms with Crippen molar-refractivity contribution in [1.29, 1.82) is 0 Å². The number of hydrogen-bond acceptors (Lipinski definition) is 4. The average Bonchev–Trinajstić information content (AvgIpc) is 3.58. The van der Waals surface area contributed by atoms with Crippen LogP contribution in [0.3, 0.4) is 0 Å². The molecule has 1 saturated heterocycles. The van der Waals surface area contributed by atoms with E-state index in [0.29, 0.717) is 12.1 Å². The summed E-state index contributed by atoms with van der Waals surface area (Å²) in [5.74, 6) is 1.94. The Morgan fingerprint density at radius 1 is 1.09 bits per heavy atom. The van der Waals surface area contributed by atoms with Crippen LogP contribution in [0.5, 0.6) is 0 Å². The Bertz CT molecular complexity index is 894. The topological polar surface area (TPSA) is 37.4 Å². The first-order chi connectivity index (χ1) is 15.8. The van der Waals surface area contributed by atoms with Gasteiger partial charge >= 0.3 is 0 Å². The molecule has 2 aromatic rings. The minimum Gasteiger partial charge on any atom is -0.377 e. The van der Waals surface area contributed by atoms with Gasteiger partial charge in [0, 0.05) is 38.0 Å². The van der Waals surface area contributed by atoms with Gasteiger partial charge in [0.2, 0.25) is 0 Å². The lowest BCUT2D eigenvalue weighted by Gasteiger charge is -2.26. The molecular formula is C28H39N3O. The van der Waals surface area contributed by atoms with Crippen molar-refractivity contribution in [3.05, 3.63) is 58.8 Å². The third-order valence-electron chi connectivity index (χ3n) is 7.57. The number of aromatic nitrogens is 1. The van der Waals surface area contributed by atoms with Crippen LogP contribution >= 0.6 is 0 Å².